The van der Waals surface area contributed by atoms with Crippen molar-refractivity contribution >= 4 is 35.2 Å². The number of carbonyl (C=O) groups is 2. The zero-order valence-electron chi connectivity index (χ0n) is 18.3. The highest BCUT2D eigenvalue weighted by Gasteiger charge is 2.48. The van der Waals surface area contributed by atoms with Crippen LogP contribution in [0.1, 0.15) is 44.1 Å². The number of hydrogen-bond donors (Lipinski definition) is 1. The van der Waals surface area contributed by atoms with Gasteiger partial charge >= 0.3 is 0 Å². The standard InChI is InChI=1S/C23H32ClN3O3S/c1-26(2)23(15-16-3-5-17(24)6-4-16)11-9-18(10-12-23)25-19(28)7-8-20(29)27-13-14-30-22-21(27)31-22/h3-6,18,21-22H,7-15H2,1-2H3,(H,25,28). The van der Waals surface area contributed by atoms with Gasteiger partial charge in [0.25, 0.3) is 0 Å². The number of morpholine rings is 1. The highest BCUT2D eigenvalue weighted by atomic mass is 35.5. The fraction of sp³-hybridized carbons (Fsp3) is 0.652. The molecule has 2 atom stereocenters. The fourth-order valence-corrected chi connectivity index (χ4v) is 5.90. The molecule has 2 saturated heterocycles. The van der Waals surface area contributed by atoms with E-state index in [4.69, 9.17) is 16.3 Å². The van der Waals surface area contributed by atoms with Crippen LogP contribution in [0, 0.1) is 0 Å². The molecule has 2 amide bonds. The van der Waals surface area contributed by atoms with Crippen LogP contribution in [-0.2, 0) is 20.7 Å². The van der Waals surface area contributed by atoms with Crippen LogP contribution in [-0.4, -0.2) is 71.3 Å². The first-order valence-corrected chi connectivity index (χ1v) is 12.5. The summed E-state index contributed by atoms with van der Waals surface area (Å²) in [6, 6.07) is 8.30. The summed E-state index contributed by atoms with van der Waals surface area (Å²) in [7, 11) is 4.30. The Balaban J connectivity index is 1.23. The van der Waals surface area contributed by atoms with Gasteiger partial charge in [0, 0.05) is 36.0 Å². The van der Waals surface area contributed by atoms with Gasteiger partial charge in [-0.05, 0) is 63.9 Å². The Morgan fingerprint density at radius 2 is 1.94 bits per heavy atom. The summed E-state index contributed by atoms with van der Waals surface area (Å²) in [5, 5.41) is 4.10. The molecule has 1 aromatic carbocycles. The van der Waals surface area contributed by atoms with Gasteiger partial charge in [0.1, 0.15) is 10.8 Å². The molecule has 0 aromatic heterocycles. The lowest BCUT2D eigenvalue weighted by molar-refractivity contribution is -0.137. The first kappa shape index (κ1) is 22.9. The number of hydrogen-bond acceptors (Lipinski definition) is 5. The molecule has 4 rings (SSSR count). The molecular formula is C23H32ClN3O3S. The molecule has 1 saturated carbocycles. The Morgan fingerprint density at radius 3 is 2.61 bits per heavy atom. The quantitative estimate of drug-likeness (QED) is 0.626. The largest absolute Gasteiger partial charge is 0.363 e. The summed E-state index contributed by atoms with van der Waals surface area (Å²) in [4.78, 5) is 29.1. The van der Waals surface area contributed by atoms with Crippen LogP contribution in [0.25, 0.3) is 0 Å². The van der Waals surface area contributed by atoms with Gasteiger partial charge in [0.05, 0.1) is 6.61 Å². The third-order valence-corrected chi connectivity index (χ3v) is 8.29. The van der Waals surface area contributed by atoms with E-state index in [9.17, 15) is 9.59 Å². The molecule has 3 aliphatic rings. The Morgan fingerprint density at radius 1 is 1.23 bits per heavy atom. The number of thioether (sulfide) groups is 1. The topological polar surface area (TPSA) is 61.9 Å². The molecule has 0 radical (unpaired) electrons. The van der Waals surface area contributed by atoms with E-state index >= 15 is 0 Å². The average molecular weight is 466 g/mol. The fourth-order valence-electron chi connectivity index (χ4n) is 4.82. The summed E-state index contributed by atoms with van der Waals surface area (Å²) in [5.74, 6) is 0.0540. The van der Waals surface area contributed by atoms with E-state index in [0.29, 0.717) is 13.2 Å². The lowest BCUT2D eigenvalue weighted by Crippen LogP contribution is -2.52. The van der Waals surface area contributed by atoms with E-state index in [1.807, 2.05) is 17.0 Å². The van der Waals surface area contributed by atoms with Crippen molar-refractivity contribution in [2.24, 2.45) is 0 Å². The average Bonchev–Trinajstić information content (AvgIpc) is 3.55. The van der Waals surface area contributed by atoms with Crippen molar-refractivity contribution in [2.45, 2.75) is 67.3 Å². The van der Waals surface area contributed by atoms with Gasteiger partial charge in [0.15, 0.2) is 0 Å². The molecule has 1 N–H and O–H groups in total. The van der Waals surface area contributed by atoms with E-state index in [0.717, 1.165) is 37.1 Å². The number of rotatable bonds is 7. The molecule has 8 heteroatoms. The van der Waals surface area contributed by atoms with Gasteiger partial charge in [0.2, 0.25) is 11.8 Å². The Kier molecular flexibility index (Phi) is 7.16. The maximum atomic E-state index is 12.5. The molecule has 6 nitrogen and oxygen atoms in total. The predicted molar refractivity (Wildman–Crippen MR) is 124 cm³/mol. The second-order valence-electron chi connectivity index (χ2n) is 9.12. The number of nitrogens with zero attached hydrogens (tertiary/aromatic N) is 2. The van der Waals surface area contributed by atoms with Crippen LogP contribution >= 0.6 is 23.4 Å². The molecule has 170 valence electrons. The summed E-state index contributed by atoms with van der Waals surface area (Å²) < 4.78 is 5.52. The zero-order valence-corrected chi connectivity index (χ0v) is 19.9. The molecule has 2 heterocycles. The molecule has 3 fully saturated rings. The van der Waals surface area contributed by atoms with E-state index in [2.05, 4.69) is 36.4 Å². The van der Waals surface area contributed by atoms with Gasteiger partial charge in [-0.25, -0.2) is 0 Å². The van der Waals surface area contributed by atoms with Crippen molar-refractivity contribution in [1.82, 2.24) is 15.1 Å². The molecule has 1 aromatic rings. The monoisotopic (exact) mass is 465 g/mol. The lowest BCUT2D eigenvalue weighted by atomic mass is 9.75. The number of benzene rings is 1. The molecule has 31 heavy (non-hydrogen) atoms. The third-order valence-electron chi connectivity index (χ3n) is 6.91. The van der Waals surface area contributed by atoms with E-state index in [1.54, 1.807) is 11.8 Å². The van der Waals surface area contributed by atoms with E-state index in [1.165, 1.54) is 5.56 Å². The minimum Gasteiger partial charge on any atom is -0.363 e. The second-order valence-corrected chi connectivity index (χ2v) is 10.8. The van der Waals surface area contributed by atoms with Crippen molar-refractivity contribution in [2.75, 3.05) is 27.2 Å². The zero-order chi connectivity index (χ0) is 22.0. The number of halogens is 1. The molecule has 2 unspecified atom stereocenters. The second kappa shape index (κ2) is 9.69. The normalized spacial score (nSPS) is 30.1. The molecule has 0 spiro atoms. The van der Waals surface area contributed by atoms with Gasteiger partial charge in [-0.15, -0.1) is 0 Å². The van der Waals surface area contributed by atoms with Gasteiger partial charge in [-0.3, -0.25) is 9.59 Å². The Bertz CT molecular complexity index is 796. The first-order chi connectivity index (χ1) is 14.9. The summed E-state index contributed by atoms with van der Waals surface area (Å²) in [6.07, 6.45) is 5.48. The number of nitrogens with one attached hydrogen (secondary N) is 1. The van der Waals surface area contributed by atoms with E-state index < -0.39 is 0 Å². The van der Waals surface area contributed by atoms with Crippen molar-refractivity contribution < 1.29 is 14.3 Å². The number of carbonyl (C=O) groups excluding carboxylic acids is 2. The smallest absolute Gasteiger partial charge is 0.224 e. The molecule has 2 aliphatic heterocycles. The third kappa shape index (κ3) is 5.56. The van der Waals surface area contributed by atoms with Crippen molar-refractivity contribution in [3.05, 3.63) is 34.9 Å². The minimum absolute atomic E-state index is 0.0123. The summed E-state index contributed by atoms with van der Waals surface area (Å²) in [5.41, 5.74) is 1.54. The van der Waals surface area contributed by atoms with Crippen LogP contribution < -0.4 is 5.32 Å². The number of fused-ring (bicyclic) bond motifs is 1. The van der Waals surface area contributed by atoms with Crippen molar-refractivity contribution in [3.8, 4) is 0 Å². The van der Waals surface area contributed by atoms with Crippen molar-refractivity contribution in [1.29, 1.82) is 0 Å². The van der Waals surface area contributed by atoms with Crippen LogP contribution in [0.3, 0.4) is 0 Å². The van der Waals surface area contributed by atoms with Crippen molar-refractivity contribution in [3.63, 3.8) is 0 Å². The minimum atomic E-state index is -0.0123. The van der Waals surface area contributed by atoms with E-state index in [-0.39, 0.29) is 47.0 Å². The molecular weight excluding hydrogens is 434 g/mol. The Hall–Kier alpha value is -1.28. The summed E-state index contributed by atoms with van der Waals surface area (Å²) >= 11 is 7.71. The Labute approximate surface area is 194 Å². The number of likely N-dealkylation sites (N-methyl/N-ethyl adjacent to an activating group) is 1. The molecule has 1 aliphatic carbocycles. The highest BCUT2D eigenvalue weighted by Crippen LogP contribution is 2.46. The number of ether oxygens (including phenoxy) is 1. The lowest BCUT2D eigenvalue weighted by Gasteiger charge is -2.45. The van der Waals surface area contributed by atoms with Crippen LogP contribution in [0.2, 0.25) is 5.02 Å². The van der Waals surface area contributed by atoms with Crippen LogP contribution in [0.5, 0.6) is 0 Å². The predicted octanol–water partition coefficient (Wildman–Crippen LogP) is 3.28. The van der Waals surface area contributed by atoms with Crippen LogP contribution in [0.15, 0.2) is 24.3 Å². The van der Waals surface area contributed by atoms with Gasteiger partial charge in [-0.2, -0.15) is 0 Å². The number of amides is 2. The highest BCUT2D eigenvalue weighted by molar-refractivity contribution is 8.07. The van der Waals surface area contributed by atoms with Crippen LogP contribution in [0.4, 0.5) is 0 Å². The SMILES string of the molecule is CN(C)C1(Cc2ccc(Cl)cc2)CCC(NC(=O)CCC(=O)N2CCOC3SC32)CC1. The maximum absolute atomic E-state index is 12.5. The summed E-state index contributed by atoms with van der Waals surface area (Å²) in [6.45, 7) is 1.23. The molecule has 0 bridgehead atoms. The maximum Gasteiger partial charge on any atom is 0.224 e. The van der Waals surface area contributed by atoms with Gasteiger partial charge < -0.3 is 19.9 Å². The van der Waals surface area contributed by atoms with Gasteiger partial charge in [-0.1, -0.05) is 35.5 Å². The first-order valence-electron chi connectivity index (χ1n) is 11.1.